The first kappa shape index (κ1) is 13.0. The summed E-state index contributed by atoms with van der Waals surface area (Å²) in [4.78, 5) is 0.648. The van der Waals surface area contributed by atoms with Crippen molar-refractivity contribution in [1.82, 2.24) is 0 Å². The molecule has 17 heavy (non-hydrogen) atoms. The van der Waals surface area contributed by atoms with Gasteiger partial charge >= 0.3 is 0 Å². The molecule has 3 heteroatoms. The smallest absolute Gasteiger partial charge is 0.0806 e. The van der Waals surface area contributed by atoms with Gasteiger partial charge in [-0.05, 0) is 36.5 Å². The molecule has 0 amide bonds. The Kier molecular flexibility index (Phi) is 4.57. The molecule has 1 aromatic carbocycles. The first-order valence-electron chi connectivity index (χ1n) is 6.23. The van der Waals surface area contributed by atoms with Gasteiger partial charge in [0.15, 0.2) is 0 Å². The highest BCUT2D eigenvalue weighted by Crippen LogP contribution is 2.36. The predicted molar refractivity (Wildman–Crippen MR) is 80.2 cm³/mol. The monoisotopic (exact) mass is 311 g/mol. The number of nitrogens with two attached hydrogens (primary N) is 1. The van der Waals surface area contributed by atoms with Crippen molar-refractivity contribution in [3.8, 4) is 0 Å². The zero-order chi connectivity index (χ0) is 12.3. The maximum atomic E-state index is 5.97. The molecule has 0 radical (unpaired) electrons. The minimum absolute atomic E-state index is 0.253. The molecule has 1 fully saturated rings. The van der Waals surface area contributed by atoms with Crippen LogP contribution in [0, 0.1) is 5.92 Å². The Labute approximate surface area is 117 Å². The molecular formula is C14H18BrNS. The highest BCUT2D eigenvalue weighted by molar-refractivity contribution is 9.10. The molecular weight excluding hydrogens is 294 g/mol. The largest absolute Gasteiger partial charge is 0.393 e. The molecule has 0 bridgehead atoms. The number of hydrogen-bond acceptors (Lipinski definition) is 1. The van der Waals surface area contributed by atoms with Gasteiger partial charge in [0, 0.05) is 10.4 Å². The van der Waals surface area contributed by atoms with Gasteiger partial charge in [0.1, 0.15) is 0 Å². The average molecular weight is 312 g/mol. The van der Waals surface area contributed by atoms with Gasteiger partial charge in [-0.2, -0.15) is 0 Å². The highest BCUT2D eigenvalue weighted by Gasteiger charge is 2.27. The van der Waals surface area contributed by atoms with E-state index >= 15 is 0 Å². The van der Waals surface area contributed by atoms with Crippen LogP contribution in [0.2, 0.25) is 0 Å². The Hall–Kier alpha value is -0.410. The minimum Gasteiger partial charge on any atom is -0.393 e. The molecule has 0 heterocycles. The number of rotatable bonds is 3. The molecule has 1 unspecified atom stereocenters. The molecule has 0 aliphatic heterocycles. The zero-order valence-electron chi connectivity index (χ0n) is 9.86. The van der Waals surface area contributed by atoms with Crippen molar-refractivity contribution < 1.29 is 0 Å². The predicted octanol–water partition coefficient (Wildman–Crippen LogP) is 4.40. The Morgan fingerprint density at radius 1 is 1.29 bits per heavy atom. The fraction of sp³-hybridized carbons (Fsp3) is 0.500. The summed E-state index contributed by atoms with van der Waals surface area (Å²) in [5, 5.41) is 0. The van der Waals surface area contributed by atoms with Crippen molar-refractivity contribution in [2.24, 2.45) is 11.7 Å². The summed E-state index contributed by atoms with van der Waals surface area (Å²) in [6, 6.07) is 8.40. The van der Waals surface area contributed by atoms with E-state index in [1.54, 1.807) is 0 Å². The van der Waals surface area contributed by atoms with Crippen LogP contribution in [0.5, 0.6) is 0 Å². The van der Waals surface area contributed by atoms with Gasteiger partial charge in [-0.1, -0.05) is 59.5 Å². The van der Waals surface area contributed by atoms with Gasteiger partial charge in [0.2, 0.25) is 0 Å². The van der Waals surface area contributed by atoms with E-state index in [0.717, 1.165) is 4.47 Å². The van der Waals surface area contributed by atoms with E-state index in [2.05, 4.69) is 34.1 Å². The van der Waals surface area contributed by atoms with E-state index < -0.39 is 0 Å². The zero-order valence-corrected chi connectivity index (χ0v) is 12.3. The summed E-state index contributed by atoms with van der Waals surface area (Å²) in [7, 11) is 0. The summed E-state index contributed by atoms with van der Waals surface area (Å²) < 4.78 is 1.10. The standard InChI is InChI=1S/C14H18BrNS/c15-12-8-4-7-11(9-12)13(14(16)17)10-5-2-1-3-6-10/h4,7-10,13H,1-3,5-6H2,(H2,16,17). The van der Waals surface area contributed by atoms with Gasteiger partial charge in [-0.3, -0.25) is 0 Å². The van der Waals surface area contributed by atoms with Crippen LogP contribution in [0.4, 0.5) is 0 Å². The number of benzene rings is 1. The van der Waals surface area contributed by atoms with Crippen molar-refractivity contribution in [3.63, 3.8) is 0 Å². The molecule has 1 aliphatic rings. The lowest BCUT2D eigenvalue weighted by Gasteiger charge is -2.30. The van der Waals surface area contributed by atoms with Crippen LogP contribution >= 0.6 is 28.1 Å². The lowest BCUT2D eigenvalue weighted by molar-refractivity contribution is 0.342. The van der Waals surface area contributed by atoms with Gasteiger partial charge in [0.25, 0.3) is 0 Å². The van der Waals surface area contributed by atoms with Crippen LogP contribution in [0.25, 0.3) is 0 Å². The second-order valence-electron chi connectivity index (χ2n) is 4.83. The van der Waals surface area contributed by atoms with Gasteiger partial charge < -0.3 is 5.73 Å². The van der Waals surface area contributed by atoms with E-state index in [1.165, 1.54) is 37.7 Å². The van der Waals surface area contributed by atoms with Crippen LogP contribution in [-0.2, 0) is 0 Å². The Morgan fingerprint density at radius 3 is 2.59 bits per heavy atom. The molecule has 1 aliphatic carbocycles. The van der Waals surface area contributed by atoms with E-state index in [1.807, 2.05) is 6.07 Å². The summed E-state index contributed by atoms with van der Waals surface area (Å²) >= 11 is 8.81. The molecule has 0 aromatic heterocycles. The van der Waals surface area contributed by atoms with Crippen LogP contribution in [0.3, 0.4) is 0 Å². The average Bonchev–Trinajstić information content (AvgIpc) is 2.30. The van der Waals surface area contributed by atoms with Crippen LogP contribution in [0.15, 0.2) is 28.7 Å². The third kappa shape index (κ3) is 3.29. The molecule has 0 saturated heterocycles. The molecule has 92 valence electrons. The van der Waals surface area contributed by atoms with E-state index in [-0.39, 0.29) is 5.92 Å². The third-order valence-electron chi connectivity index (χ3n) is 3.64. The lowest BCUT2D eigenvalue weighted by Crippen LogP contribution is -2.28. The van der Waals surface area contributed by atoms with E-state index in [0.29, 0.717) is 10.9 Å². The first-order chi connectivity index (χ1) is 8.18. The van der Waals surface area contributed by atoms with Crippen molar-refractivity contribution in [3.05, 3.63) is 34.3 Å². The van der Waals surface area contributed by atoms with Crippen molar-refractivity contribution in [2.45, 2.75) is 38.0 Å². The van der Waals surface area contributed by atoms with Crippen molar-refractivity contribution in [1.29, 1.82) is 0 Å². The Morgan fingerprint density at radius 2 is 2.00 bits per heavy atom. The number of halogens is 1. The molecule has 2 rings (SSSR count). The summed E-state index contributed by atoms with van der Waals surface area (Å²) in [6.45, 7) is 0. The van der Waals surface area contributed by atoms with Gasteiger partial charge in [0.05, 0.1) is 4.99 Å². The highest BCUT2D eigenvalue weighted by atomic mass is 79.9. The maximum Gasteiger partial charge on any atom is 0.0806 e. The summed E-state index contributed by atoms with van der Waals surface area (Å²) in [6.07, 6.45) is 6.51. The Bertz CT molecular complexity index is 399. The van der Waals surface area contributed by atoms with Crippen LogP contribution < -0.4 is 5.73 Å². The molecule has 1 saturated carbocycles. The quantitative estimate of drug-likeness (QED) is 0.837. The third-order valence-corrected chi connectivity index (χ3v) is 4.38. The fourth-order valence-corrected chi connectivity index (χ4v) is 3.58. The minimum atomic E-state index is 0.253. The fourth-order valence-electron chi connectivity index (χ4n) is 2.84. The van der Waals surface area contributed by atoms with Gasteiger partial charge in [-0.25, -0.2) is 0 Å². The molecule has 2 N–H and O–H groups in total. The summed E-state index contributed by atoms with van der Waals surface area (Å²) in [5.74, 6) is 0.887. The first-order valence-corrected chi connectivity index (χ1v) is 7.43. The Balaban J connectivity index is 2.25. The van der Waals surface area contributed by atoms with Crippen molar-refractivity contribution >= 4 is 33.1 Å². The number of thiocarbonyl (C=S) groups is 1. The van der Waals surface area contributed by atoms with Crippen LogP contribution in [-0.4, -0.2) is 4.99 Å². The number of hydrogen-bond donors (Lipinski definition) is 1. The maximum absolute atomic E-state index is 5.97. The van der Waals surface area contributed by atoms with E-state index in [9.17, 15) is 0 Å². The lowest BCUT2D eigenvalue weighted by atomic mass is 9.77. The molecule has 1 atom stereocenters. The van der Waals surface area contributed by atoms with Crippen molar-refractivity contribution in [2.75, 3.05) is 0 Å². The summed E-state index contributed by atoms with van der Waals surface area (Å²) in [5.41, 5.74) is 7.23. The van der Waals surface area contributed by atoms with Gasteiger partial charge in [-0.15, -0.1) is 0 Å². The topological polar surface area (TPSA) is 26.0 Å². The molecule has 1 nitrogen and oxygen atoms in total. The van der Waals surface area contributed by atoms with E-state index in [4.69, 9.17) is 18.0 Å². The SMILES string of the molecule is NC(=S)C(c1cccc(Br)c1)C1CCCCC1. The second kappa shape index (κ2) is 5.96. The van der Waals surface area contributed by atoms with Crippen LogP contribution in [0.1, 0.15) is 43.6 Å². The second-order valence-corrected chi connectivity index (χ2v) is 6.22. The normalized spacial score (nSPS) is 18.9. The molecule has 0 spiro atoms. The molecule has 1 aromatic rings.